The summed E-state index contributed by atoms with van der Waals surface area (Å²) < 4.78 is 0. The van der Waals surface area contributed by atoms with E-state index in [0.29, 0.717) is 22.4 Å². The van der Waals surface area contributed by atoms with Crippen LogP contribution < -0.4 is 0 Å². The molecule has 2 nitrogen and oxygen atoms in total. The summed E-state index contributed by atoms with van der Waals surface area (Å²) in [5.41, 5.74) is 2.29. The minimum Gasteiger partial charge on any atom is -0.513 e. The van der Waals surface area contributed by atoms with Gasteiger partial charge in [-0.2, -0.15) is 0 Å². The minimum absolute atomic E-state index is 0.228. The molecule has 4 aliphatic rings. The first-order chi connectivity index (χ1) is 14.2. The number of carbonyl (C=O) groups is 1. The maximum atomic E-state index is 12.1. The van der Waals surface area contributed by atoms with Crippen LogP contribution in [0, 0.1) is 46.3 Å². The van der Waals surface area contributed by atoms with Crippen molar-refractivity contribution in [2.45, 2.75) is 98.3 Å². The quantitative estimate of drug-likeness (QED) is 0.359. The standard InChI is InChI=1S/C28H44O2/c1-18(20(3)29)7-6-8-19(2)24-11-12-25-23-10-9-21-17-22(30)13-15-27(21,4)26(23)14-16-28(24,25)5/h9,18-19,23-26,29H,3,6-8,10-17H2,1-2,4-5H3/t18-,19?,23?,24+,25?,26?,27-,28+/m0/s1. The van der Waals surface area contributed by atoms with Gasteiger partial charge in [0, 0.05) is 18.8 Å². The van der Waals surface area contributed by atoms with E-state index in [1.807, 2.05) is 0 Å². The molecule has 0 amide bonds. The second kappa shape index (κ2) is 8.14. The molecular weight excluding hydrogens is 368 g/mol. The Bertz CT molecular complexity index is 720. The van der Waals surface area contributed by atoms with Crippen LogP contribution in [0.5, 0.6) is 0 Å². The summed E-state index contributed by atoms with van der Waals surface area (Å²) in [4.78, 5) is 12.1. The Hall–Kier alpha value is -1.05. The Morgan fingerprint density at radius 3 is 2.67 bits per heavy atom. The van der Waals surface area contributed by atoms with Gasteiger partial charge in [-0.05, 0) is 85.4 Å². The van der Waals surface area contributed by atoms with E-state index in [4.69, 9.17) is 0 Å². The smallest absolute Gasteiger partial charge is 0.136 e. The molecule has 3 saturated carbocycles. The van der Waals surface area contributed by atoms with Gasteiger partial charge in [0.15, 0.2) is 0 Å². The highest BCUT2D eigenvalue weighted by molar-refractivity contribution is 5.82. The minimum atomic E-state index is 0.228. The lowest BCUT2D eigenvalue weighted by Gasteiger charge is -2.58. The van der Waals surface area contributed by atoms with Crippen molar-refractivity contribution < 1.29 is 9.90 Å². The fourth-order valence-electron chi connectivity index (χ4n) is 8.57. The highest BCUT2D eigenvalue weighted by atomic mass is 16.3. The van der Waals surface area contributed by atoms with Gasteiger partial charge in [0.1, 0.15) is 5.78 Å². The maximum absolute atomic E-state index is 12.1. The van der Waals surface area contributed by atoms with Crippen LogP contribution in [-0.4, -0.2) is 10.9 Å². The summed E-state index contributed by atoms with van der Waals surface area (Å²) in [7, 11) is 0. The zero-order valence-electron chi connectivity index (χ0n) is 19.9. The van der Waals surface area contributed by atoms with E-state index in [1.165, 1.54) is 50.5 Å². The third-order valence-electron chi connectivity index (χ3n) is 10.6. The van der Waals surface area contributed by atoms with Gasteiger partial charge in [0.2, 0.25) is 0 Å². The van der Waals surface area contributed by atoms with Gasteiger partial charge >= 0.3 is 0 Å². The van der Waals surface area contributed by atoms with Crippen molar-refractivity contribution in [3.63, 3.8) is 0 Å². The van der Waals surface area contributed by atoms with Gasteiger partial charge in [-0.15, -0.1) is 0 Å². The predicted octanol–water partition coefficient (Wildman–Crippen LogP) is 7.65. The molecule has 168 valence electrons. The highest BCUT2D eigenvalue weighted by Gasteiger charge is 2.59. The summed E-state index contributed by atoms with van der Waals surface area (Å²) in [6, 6.07) is 0. The first-order valence-electron chi connectivity index (χ1n) is 12.8. The van der Waals surface area contributed by atoms with Crippen LogP contribution in [0.3, 0.4) is 0 Å². The molecule has 8 atom stereocenters. The van der Waals surface area contributed by atoms with E-state index in [2.05, 4.69) is 40.3 Å². The number of rotatable bonds is 6. The summed E-state index contributed by atoms with van der Waals surface area (Å²) in [6.45, 7) is 13.4. The molecule has 0 aliphatic heterocycles. The second-order valence-corrected chi connectivity index (χ2v) is 12.0. The first-order valence-corrected chi connectivity index (χ1v) is 12.8. The highest BCUT2D eigenvalue weighted by Crippen LogP contribution is 2.67. The average molecular weight is 413 g/mol. The fourth-order valence-corrected chi connectivity index (χ4v) is 8.57. The third kappa shape index (κ3) is 3.61. The molecule has 0 saturated heterocycles. The fraction of sp³-hybridized carbons (Fsp3) is 0.821. The lowest BCUT2D eigenvalue weighted by molar-refractivity contribution is -0.122. The number of aliphatic hydroxyl groups excluding tert-OH is 1. The van der Waals surface area contributed by atoms with Gasteiger partial charge in [0.05, 0.1) is 5.76 Å². The average Bonchev–Trinajstić information content (AvgIpc) is 3.05. The number of carbonyl (C=O) groups excluding carboxylic acids is 1. The number of allylic oxidation sites excluding steroid dienone is 3. The van der Waals surface area contributed by atoms with Crippen LogP contribution >= 0.6 is 0 Å². The number of aliphatic hydroxyl groups is 1. The second-order valence-electron chi connectivity index (χ2n) is 12.0. The molecule has 4 rings (SSSR count). The molecule has 4 aliphatic carbocycles. The number of ketones is 1. The monoisotopic (exact) mass is 412 g/mol. The van der Waals surface area contributed by atoms with Crippen LogP contribution in [0.15, 0.2) is 24.0 Å². The SMILES string of the molecule is C=C(O)[C@@H](C)CCCC(C)[C@H]1CCC2C3CC=C4CC(=O)CC[C@]4(C)C3CC[C@@]21C. The van der Waals surface area contributed by atoms with Crippen LogP contribution in [0.4, 0.5) is 0 Å². The van der Waals surface area contributed by atoms with Crippen molar-refractivity contribution in [2.75, 3.05) is 0 Å². The topological polar surface area (TPSA) is 37.3 Å². The van der Waals surface area contributed by atoms with Crippen LogP contribution in [0.1, 0.15) is 98.3 Å². The number of Topliss-reactive ketones (excluding diaryl/α,β-unsaturated/α-hetero) is 1. The maximum Gasteiger partial charge on any atom is 0.136 e. The summed E-state index contributed by atoms with van der Waals surface area (Å²) in [5.74, 6) is 5.16. The molecule has 30 heavy (non-hydrogen) atoms. The van der Waals surface area contributed by atoms with Crippen molar-refractivity contribution in [3.8, 4) is 0 Å². The largest absolute Gasteiger partial charge is 0.513 e. The van der Waals surface area contributed by atoms with Crippen molar-refractivity contribution in [1.82, 2.24) is 0 Å². The molecule has 0 spiro atoms. The Morgan fingerprint density at radius 1 is 1.17 bits per heavy atom. The summed E-state index contributed by atoms with van der Waals surface area (Å²) in [6.07, 6.45) is 15.5. The molecule has 0 aromatic rings. The molecule has 0 bridgehead atoms. The lowest BCUT2D eigenvalue weighted by atomic mass is 9.47. The van der Waals surface area contributed by atoms with Crippen molar-refractivity contribution in [1.29, 1.82) is 0 Å². The molecule has 0 aromatic carbocycles. The number of hydrogen-bond acceptors (Lipinski definition) is 2. The van der Waals surface area contributed by atoms with Gasteiger partial charge in [0.25, 0.3) is 0 Å². The number of hydrogen-bond donors (Lipinski definition) is 1. The molecular formula is C28H44O2. The van der Waals surface area contributed by atoms with Crippen molar-refractivity contribution >= 4 is 5.78 Å². The van der Waals surface area contributed by atoms with E-state index >= 15 is 0 Å². The Labute approximate surface area is 184 Å². The van der Waals surface area contributed by atoms with Crippen LogP contribution in [0.25, 0.3) is 0 Å². The predicted molar refractivity (Wildman–Crippen MR) is 124 cm³/mol. The zero-order valence-corrected chi connectivity index (χ0v) is 19.9. The lowest BCUT2D eigenvalue weighted by Crippen LogP contribution is -2.50. The Balaban J connectivity index is 1.45. The van der Waals surface area contributed by atoms with E-state index in [9.17, 15) is 9.90 Å². The van der Waals surface area contributed by atoms with Gasteiger partial charge < -0.3 is 5.11 Å². The van der Waals surface area contributed by atoms with Crippen LogP contribution in [0.2, 0.25) is 0 Å². The first kappa shape index (κ1) is 22.2. The molecule has 2 heteroatoms. The van der Waals surface area contributed by atoms with Gasteiger partial charge in [-0.25, -0.2) is 0 Å². The van der Waals surface area contributed by atoms with Crippen LogP contribution in [-0.2, 0) is 4.79 Å². The van der Waals surface area contributed by atoms with Gasteiger partial charge in [-0.1, -0.05) is 58.8 Å². The molecule has 4 unspecified atom stereocenters. The summed E-state index contributed by atoms with van der Waals surface area (Å²) >= 11 is 0. The van der Waals surface area contributed by atoms with Crippen molar-refractivity contribution in [2.24, 2.45) is 46.3 Å². The van der Waals surface area contributed by atoms with Gasteiger partial charge in [-0.3, -0.25) is 4.79 Å². The van der Waals surface area contributed by atoms with E-state index in [-0.39, 0.29) is 5.92 Å². The van der Waals surface area contributed by atoms with E-state index in [1.54, 1.807) is 0 Å². The Kier molecular flexibility index (Phi) is 6.01. The normalized spacial score (nSPS) is 42.5. The molecule has 0 aromatic heterocycles. The number of fused-ring (bicyclic) bond motifs is 5. The Morgan fingerprint density at radius 2 is 1.93 bits per heavy atom. The summed E-state index contributed by atoms with van der Waals surface area (Å²) in [5, 5.41) is 9.60. The molecule has 1 N–H and O–H groups in total. The van der Waals surface area contributed by atoms with E-state index in [0.717, 1.165) is 55.3 Å². The van der Waals surface area contributed by atoms with E-state index < -0.39 is 0 Å². The zero-order chi connectivity index (χ0) is 21.7. The van der Waals surface area contributed by atoms with Crippen molar-refractivity contribution in [3.05, 3.63) is 24.0 Å². The molecule has 0 heterocycles. The third-order valence-corrected chi connectivity index (χ3v) is 10.6. The molecule has 0 radical (unpaired) electrons. The molecule has 3 fully saturated rings.